The molecule has 0 saturated carbocycles. The van der Waals surface area contributed by atoms with Crippen LogP contribution in [0.25, 0.3) is 0 Å². The van der Waals surface area contributed by atoms with E-state index in [9.17, 15) is 23.5 Å². The Morgan fingerprint density at radius 2 is 2.09 bits per heavy atom. The van der Waals surface area contributed by atoms with Gasteiger partial charge in [-0.2, -0.15) is 5.10 Å². The minimum absolute atomic E-state index is 0. The molecule has 3 rings (SSSR count). The fraction of sp³-hybridized carbons (Fsp3) is 0.357. The minimum atomic E-state index is -1.07. The van der Waals surface area contributed by atoms with Crippen LogP contribution in [0, 0.1) is 11.6 Å². The molecule has 0 radical (unpaired) electrons. The van der Waals surface area contributed by atoms with Gasteiger partial charge in [0.25, 0.3) is 0 Å². The highest BCUT2D eigenvalue weighted by Gasteiger charge is 2.30. The Balaban J connectivity index is 0.00000192. The minimum Gasteiger partial charge on any atom is -0.480 e. The van der Waals surface area contributed by atoms with Crippen molar-refractivity contribution in [1.29, 1.82) is 0 Å². The molecule has 1 aromatic carbocycles. The van der Waals surface area contributed by atoms with Crippen molar-refractivity contribution in [2.24, 2.45) is 0 Å². The van der Waals surface area contributed by atoms with E-state index in [1.807, 2.05) is 0 Å². The molecule has 9 heteroatoms. The van der Waals surface area contributed by atoms with Crippen LogP contribution in [0.2, 0.25) is 0 Å². The zero-order valence-electron chi connectivity index (χ0n) is 11.9. The van der Waals surface area contributed by atoms with E-state index in [4.69, 9.17) is 0 Å². The quantitative estimate of drug-likeness (QED) is 0.919. The number of rotatable bonds is 3. The highest BCUT2D eigenvalue weighted by molar-refractivity contribution is 5.85. The number of aromatic nitrogens is 3. The molecular weight excluding hydrogens is 332 g/mol. The van der Waals surface area contributed by atoms with Gasteiger partial charge in [0.05, 0.1) is 6.54 Å². The molecule has 1 aromatic heterocycles. The van der Waals surface area contributed by atoms with Crippen LogP contribution in [0.5, 0.6) is 0 Å². The molecule has 23 heavy (non-hydrogen) atoms. The fourth-order valence-electron chi connectivity index (χ4n) is 2.68. The number of carboxylic acids is 1. The lowest BCUT2D eigenvalue weighted by Gasteiger charge is -2.19. The van der Waals surface area contributed by atoms with Crippen molar-refractivity contribution in [2.45, 2.75) is 31.8 Å². The molecule has 1 unspecified atom stereocenters. The molecule has 0 aliphatic carbocycles. The molecule has 0 spiro atoms. The summed E-state index contributed by atoms with van der Waals surface area (Å²) < 4.78 is 28.4. The third-order valence-electron chi connectivity index (χ3n) is 3.73. The Bertz CT molecular complexity index is 803. The molecule has 0 fully saturated rings. The maximum absolute atomic E-state index is 13.2. The number of carbonyl (C=O) groups is 1. The van der Waals surface area contributed by atoms with E-state index in [1.165, 1.54) is 10.6 Å². The molecule has 0 saturated heterocycles. The lowest BCUT2D eigenvalue weighted by atomic mass is 10.1. The van der Waals surface area contributed by atoms with E-state index in [0.717, 1.165) is 16.8 Å². The number of nitrogens with zero attached hydrogens (tertiary/aromatic N) is 3. The molecule has 1 N–H and O–H groups in total. The van der Waals surface area contributed by atoms with Gasteiger partial charge in [-0.25, -0.2) is 23.1 Å². The van der Waals surface area contributed by atoms with Crippen LogP contribution in [-0.4, -0.2) is 25.4 Å². The van der Waals surface area contributed by atoms with Gasteiger partial charge in [0.15, 0.2) is 11.6 Å². The zero-order chi connectivity index (χ0) is 15.9. The van der Waals surface area contributed by atoms with Gasteiger partial charge in [0, 0.05) is 6.42 Å². The standard InChI is InChI=1S/C14H13F2N3O3.ClH/c15-9-5-4-8(6-10(9)16)7-18-14(22)19-11(13(20)21)2-1-3-12(19)17-18;/h4-6,11H,1-3,7H2,(H,20,21);1H. The van der Waals surface area contributed by atoms with Crippen molar-refractivity contribution < 1.29 is 18.7 Å². The van der Waals surface area contributed by atoms with E-state index in [-0.39, 0.29) is 19.0 Å². The second-order valence-electron chi connectivity index (χ2n) is 5.22. The van der Waals surface area contributed by atoms with Gasteiger partial charge in [-0.3, -0.25) is 4.57 Å². The van der Waals surface area contributed by atoms with Gasteiger partial charge in [-0.1, -0.05) is 6.07 Å². The Hall–Kier alpha value is -2.22. The average Bonchev–Trinajstić information content (AvgIpc) is 2.79. The monoisotopic (exact) mass is 345 g/mol. The van der Waals surface area contributed by atoms with Crippen LogP contribution in [0.3, 0.4) is 0 Å². The molecule has 1 aliphatic rings. The lowest BCUT2D eigenvalue weighted by Crippen LogP contribution is -2.34. The first-order valence-corrected chi connectivity index (χ1v) is 6.82. The third-order valence-corrected chi connectivity index (χ3v) is 3.73. The zero-order valence-corrected chi connectivity index (χ0v) is 12.7. The summed E-state index contributed by atoms with van der Waals surface area (Å²) >= 11 is 0. The number of benzene rings is 1. The molecule has 0 bridgehead atoms. The predicted octanol–water partition coefficient (Wildman–Crippen LogP) is 1.76. The number of aryl methyl sites for hydroxylation is 1. The van der Waals surface area contributed by atoms with Crippen LogP contribution >= 0.6 is 12.4 Å². The second kappa shape index (κ2) is 6.49. The Labute approximate surface area is 135 Å². The van der Waals surface area contributed by atoms with Crippen molar-refractivity contribution in [3.05, 3.63) is 51.7 Å². The first-order valence-electron chi connectivity index (χ1n) is 6.82. The number of halogens is 3. The number of hydrogen-bond donors (Lipinski definition) is 1. The summed E-state index contributed by atoms with van der Waals surface area (Å²) in [4.78, 5) is 23.5. The SMILES string of the molecule is Cl.O=C(O)C1CCCc2nn(Cc3ccc(F)c(F)c3)c(=O)n21. The van der Waals surface area contributed by atoms with Crippen molar-refractivity contribution in [3.8, 4) is 0 Å². The maximum atomic E-state index is 13.2. The van der Waals surface area contributed by atoms with Crippen molar-refractivity contribution in [3.63, 3.8) is 0 Å². The summed E-state index contributed by atoms with van der Waals surface area (Å²) in [5.74, 6) is -2.63. The third kappa shape index (κ3) is 3.12. The average molecular weight is 346 g/mol. The fourth-order valence-corrected chi connectivity index (χ4v) is 2.68. The van der Waals surface area contributed by atoms with Crippen LogP contribution in [-0.2, 0) is 17.8 Å². The summed E-state index contributed by atoms with van der Waals surface area (Å²) in [6.07, 6.45) is 1.53. The predicted molar refractivity (Wildman–Crippen MR) is 78.8 cm³/mol. The van der Waals surface area contributed by atoms with Gasteiger partial charge in [-0.15, -0.1) is 12.4 Å². The van der Waals surface area contributed by atoms with E-state index in [0.29, 0.717) is 30.7 Å². The molecule has 1 aliphatic heterocycles. The number of aliphatic carboxylic acids is 1. The summed E-state index contributed by atoms with van der Waals surface area (Å²) in [7, 11) is 0. The van der Waals surface area contributed by atoms with E-state index in [1.54, 1.807) is 0 Å². The molecular formula is C14H14ClF2N3O3. The van der Waals surface area contributed by atoms with E-state index in [2.05, 4.69) is 5.10 Å². The Morgan fingerprint density at radius 3 is 2.74 bits per heavy atom. The number of hydrogen-bond acceptors (Lipinski definition) is 3. The first-order chi connectivity index (χ1) is 10.5. The maximum Gasteiger partial charge on any atom is 0.347 e. The van der Waals surface area contributed by atoms with Crippen molar-refractivity contribution >= 4 is 18.4 Å². The van der Waals surface area contributed by atoms with E-state index < -0.39 is 29.3 Å². The van der Waals surface area contributed by atoms with Gasteiger partial charge in [0.1, 0.15) is 11.9 Å². The topological polar surface area (TPSA) is 77.1 Å². The van der Waals surface area contributed by atoms with Gasteiger partial charge in [0.2, 0.25) is 0 Å². The molecule has 0 amide bonds. The smallest absolute Gasteiger partial charge is 0.347 e. The van der Waals surface area contributed by atoms with Crippen LogP contribution in [0.15, 0.2) is 23.0 Å². The summed E-state index contributed by atoms with van der Waals surface area (Å²) in [5.41, 5.74) is -0.171. The summed E-state index contributed by atoms with van der Waals surface area (Å²) in [6, 6.07) is 2.41. The molecule has 1 atom stereocenters. The van der Waals surface area contributed by atoms with Crippen LogP contribution < -0.4 is 5.69 Å². The highest BCUT2D eigenvalue weighted by Crippen LogP contribution is 2.22. The van der Waals surface area contributed by atoms with Gasteiger partial charge >= 0.3 is 11.7 Å². The molecule has 124 valence electrons. The van der Waals surface area contributed by atoms with Gasteiger partial charge in [-0.05, 0) is 30.5 Å². The Kier molecular flexibility index (Phi) is 4.84. The summed E-state index contributed by atoms with van der Waals surface area (Å²) in [6.45, 7) is -0.0393. The highest BCUT2D eigenvalue weighted by atomic mass is 35.5. The number of fused-ring (bicyclic) bond motifs is 1. The molecule has 2 heterocycles. The van der Waals surface area contributed by atoms with Crippen molar-refractivity contribution in [2.75, 3.05) is 0 Å². The molecule has 6 nitrogen and oxygen atoms in total. The Morgan fingerprint density at radius 1 is 1.35 bits per heavy atom. The van der Waals surface area contributed by atoms with Crippen LogP contribution in [0.4, 0.5) is 8.78 Å². The van der Waals surface area contributed by atoms with Crippen molar-refractivity contribution in [1.82, 2.24) is 14.3 Å². The summed E-state index contributed by atoms with van der Waals surface area (Å²) in [5, 5.41) is 13.3. The number of carboxylic acid groups (broad SMARTS) is 1. The van der Waals surface area contributed by atoms with E-state index >= 15 is 0 Å². The van der Waals surface area contributed by atoms with Crippen LogP contribution in [0.1, 0.15) is 30.3 Å². The van der Waals surface area contributed by atoms with Gasteiger partial charge < -0.3 is 5.11 Å². The normalized spacial score (nSPS) is 16.5. The second-order valence-corrected chi connectivity index (χ2v) is 5.22. The largest absolute Gasteiger partial charge is 0.480 e. The first kappa shape index (κ1) is 17.1. The lowest BCUT2D eigenvalue weighted by molar-refractivity contribution is -0.141. The molecule has 2 aromatic rings.